The molecular formula is C12H13NO5. The van der Waals surface area contributed by atoms with E-state index in [1.54, 1.807) is 0 Å². The molecule has 96 valence electrons. The zero-order valence-electron chi connectivity index (χ0n) is 9.46. The minimum absolute atomic E-state index is 0.0165. The summed E-state index contributed by atoms with van der Waals surface area (Å²) in [4.78, 5) is 22.8. The monoisotopic (exact) mass is 251 g/mol. The van der Waals surface area contributed by atoms with Crippen molar-refractivity contribution in [3.05, 3.63) is 23.8 Å². The molecule has 0 saturated heterocycles. The quantitative estimate of drug-likeness (QED) is 0.589. The lowest BCUT2D eigenvalue weighted by molar-refractivity contribution is -0.139. The summed E-state index contributed by atoms with van der Waals surface area (Å²) in [6.45, 7) is 0. The molecular weight excluding hydrogens is 238 g/mol. The molecule has 2 rings (SSSR count). The normalized spacial score (nSPS) is 16.0. The third-order valence-corrected chi connectivity index (χ3v) is 2.88. The van der Waals surface area contributed by atoms with E-state index < -0.39 is 23.7 Å². The number of benzene rings is 1. The number of aliphatic carboxylic acids is 1. The van der Waals surface area contributed by atoms with Crippen LogP contribution in [0, 0.1) is 5.92 Å². The van der Waals surface area contributed by atoms with Gasteiger partial charge < -0.3 is 20.6 Å². The summed E-state index contributed by atoms with van der Waals surface area (Å²) in [7, 11) is 0. The molecule has 6 nitrogen and oxygen atoms in total. The Balaban J connectivity index is 2.10. The van der Waals surface area contributed by atoms with Gasteiger partial charge in [-0.25, -0.2) is 4.79 Å². The van der Waals surface area contributed by atoms with Crippen LogP contribution in [0.1, 0.15) is 23.2 Å². The van der Waals surface area contributed by atoms with E-state index in [1.165, 1.54) is 12.1 Å². The second-order valence-electron chi connectivity index (χ2n) is 4.33. The number of carboxylic acids is 1. The molecule has 1 atom stereocenters. The van der Waals surface area contributed by atoms with Crippen molar-refractivity contribution in [3.63, 3.8) is 0 Å². The Labute approximate surface area is 103 Å². The van der Waals surface area contributed by atoms with Gasteiger partial charge in [-0.05, 0) is 37.0 Å². The first-order chi connectivity index (χ1) is 8.49. The van der Waals surface area contributed by atoms with Crippen molar-refractivity contribution >= 4 is 11.9 Å². The number of carbonyl (C=O) groups excluding carboxylic acids is 1. The molecule has 0 spiro atoms. The van der Waals surface area contributed by atoms with Gasteiger partial charge in [-0.2, -0.15) is 0 Å². The third-order valence-electron chi connectivity index (χ3n) is 2.88. The van der Waals surface area contributed by atoms with Crippen LogP contribution in [0.5, 0.6) is 11.5 Å². The van der Waals surface area contributed by atoms with E-state index in [1.807, 2.05) is 0 Å². The molecule has 6 heteroatoms. The van der Waals surface area contributed by atoms with Crippen LogP contribution in [-0.2, 0) is 4.79 Å². The summed E-state index contributed by atoms with van der Waals surface area (Å²) in [6, 6.07) is 2.69. The lowest BCUT2D eigenvalue weighted by Gasteiger charge is -2.13. The van der Waals surface area contributed by atoms with E-state index in [0.29, 0.717) is 0 Å². The Kier molecular flexibility index (Phi) is 3.10. The minimum atomic E-state index is -1.06. The van der Waals surface area contributed by atoms with Crippen molar-refractivity contribution in [2.24, 2.45) is 5.92 Å². The van der Waals surface area contributed by atoms with Crippen molar-refractivity contribution in [2.75, 3.05) is 0 Å². The van der Waals surface area contributed by atoms with Crippen LogP contribution >= 0.6 is 0 Å². The second-order valence-corrected chi connectivity index (χ2v) is 4.33. The Morgan fingerprint density at radius 1 is 1.22 bits per heavy atom. The number of phenolic OH excluding ortho intramolecular Hbond substituents is 2. The van der Waals surface area contributed by atoms with E-state index >= 15 is 0 Å². The number of carbonyl (C=O) groups is 2. The summed E-state index contributed by atoms with van der Waals surface area (Å²) in [5.74, 6) is -2.40. The minimum Gasteiger partial charge on any atom is -0.504 e. The van der Waals surface area contributed by atoms with Gasteiger partial charge in [-0.3, -0.25) is 4.79 Å². The second kappa shape index (κ2) is 4.56. The van der Waals surface area contributed by atoms with Gasteiger partial charge >= 0.3 is 5.97 Å². The highest BCUT2D eigenvalue weighted by Crippen LogP contribution is 2.33. The predicted molar refractivity (Wildman–Crippen MR) is 61.4 cm³/mol. The highest BCUT2D eigenvalue weighted by molar-refractivity contribution is 5.97. The van der Waals surface area contributed by atoms with Gasteiger partial charge in [-0.1, -0.05) is 0 Å². The van der Waals surface area contributed by atoms with E-state index in [9.17, 15) is 14.7 Å². The number of phenols is 2. The Morgan fingerprint density at radius 2 is 1.89 bits per heavy atom. The molecule has 1 aliphatic rings. The fraction of sp³-hybridized carbons (Fsp3) is 0.333. The fourth-order valence-electron chi connectivity index (χ4n) is 1.70. The molecule has 1 amide bonds. The van der Waals surface area contributed by atoms with Crippen molar-refractivity contribution in [2.45, 2.75) is 18.9 Å². The van der Waals surface area contributed by atoms with Crippen molar-refractivity contribution in [1.82, 2.24) is 5.32 Å². The van der Waals surface area contributed by atoms with Gasteiger partial charge in [0.25, 0.3) is 5.91 Å². The molecule has 0 radical (unpaired) electrons. The maximum Gasteiger partial charge on any atom is 0.326 e. The number of hydrogen-bond acceptors (Lipinski definition) is 4. The van der Waals surface area contributed by atoms with Gasteiger partial charge in [0, 0.05) is 5.56 Å². The molecule has 0 heterocycles. The van der Waals surface area contributed by atoms with Crippen LogP contribution in [-0.4, -0.2) is 33.2 Å². The van der Waals surface area contributed by atoms with E-state index in [0.717, 1.165) is 18.9 Å². The first-order valence-electron chi connectivity index (χ1n) is 5.54. The SMILES string of the molecule is O=C(NC(C(=O)O)C1CC1)c1ccc(O)c(O)c1. The molecule has 1 saturated carbocycles. The number of amides is 1. The zero-order chi connectivity index (χ0) is 13.3. The van der Waals surface area contributed by atoms with Gasteiger partial charge in [0.2, 0.25) is 0 Å². The standard InChI is InChI=1S/C12H13NO5/c14-8-4-3-7(5-9(8)15)11(16)13-10(12(17)18)6-1-2-6/h3-6,10,14-15H,1-2H2,(H,13,16)(H,17,18). The molecule has 1 fully saturated rings. The van der Waals surface area contributed by atoms with Crippen molar-refractivity contribution in [3.8, 4) is 11.5 Å². The summed E-state index contributed by atoms with van der Waals surface area (Å²) >= 11 is 0. The largest absolute Gasteiger partial charge is 0.504 e. The predicted octanol–water partition coefficient (Wildman–Crippen LogP) is 0.691. The van der Waals surface area contributed by atoms with Crippen LogP contribution in [0.4, 0.5) is 0 Å². The lowest BCUT2D eigenvalue weighted by Crippen LogP contribution is -2.42. The maximum atomic E-state index is 11.8. The molecule has 1 unspecified atom stereocenters. The summed E-state index contributed by atoms with van der Waals surface area (Å²) in [5, 5.41) is 29.8. The molecule has 18 heavy (non-hydrogen) atoms. The summed E-state index contributed by atoms with van der Waals surface area (Å²) < 4.78 is 0. The topological polar surface area (TPSA) is 107 Å². The molecule has 1 aromatic rings. The van der Waals surface area contributed by atoms with Gasteiger partial charge in [0.15, 0.2) is 11.5 Å². The van der Waals surface area contributed by atoms with Crippen LogP contribution in [0.3, 0.4) is 0 Å². The lowest BCUT2D eigenvalue weighted by atomic mass is 10.1. The average Bonchev–Trinajstić information content (AvgIpc) is 3.13. The Hall–Kier alpha value is -2.24. The zero-order valence-corrected chi connectivity index (χ0v) is 9.46. The fourth-order valence-corrected chi connectivity index (χ4v) is 1.70. The van der Waals surface area contributed by atoms with Gasteiger partial charge in [-0.15, -0.1) is 0 Å². The highest BCUT2D eigenvalue weighted by Gasteiger charge is 2.37. The van der Waals surface area contributed by atoms with Crippen LogP contribution in [0.25, 0.3) is 0 Å². The van der Waals surface area contributed by atoms with Gasteiger partial charge in [0.05, 0.1) is 0 Å². The molecule has 1 aromatic carbocycles. The Morgan fingerprint density at radius 3 is 2.39 bits per heavy atom. The first kappa shape index (κ1) is 12.2. The van der Waals surface area contributed by atoms with Gasteiger partial charge in [0.1, 0.15) is 6.04 Å². The summed E-state index contributed by atoms with van der Waals surface area (Å²) in [6.07, 6.45) is 1.58. The van der Waals surface area contributed by atoms with E-state index in [-0.39, 0.29) is 17.2 Å². The maximum absolute atomic E-state index is 11.8. The third kappa shape index (κ3) is 2.53. The molecule has 0 bridgehead atoms. The number of aromatic hydroxyl groups is 2. The molecule has 0 aromatic heterocycles. The number of hydrogen-bond donors (Lipinski definition) is 4. The first-order valence-corrected chi connectivity index (χ1v) is 5.54. The molecule has 1 aliphatic carbocycles. The van der Waals surface area contributed by atoms with E-state index in [2.05, 4.69) is 5.32 Å². The van der Waals surface area contributed by atoms with Crippen molar-refractivity contribution < 1.29 is 24.9 Å². The molecule has 0 aliphatic heterocycles. The summed E-state index contributed by atoms with van der Waals surface area (Å²) in [5.41, 5.74) is 0.109. The number of nitrogens with one attached hydrogen (secondary N) is 1. The smallest absolute Gasteiger partial charge is 0.326 e. The van der Waals surface area contributed by atoms with Crippen LogP contribution in [0.2, 0.25) is 0 Å². The Bertz CT molecular complexity index is 495. The van der Waals surface area contributed by atoms with Crippen LogP contribution in [0.15, 0.2) is 18.2 Å². The number of rotatable bonds is 4. The molecule has 4 N–H and O–H groups in total. The highest BCUT2D eigenvalue weighted by atomic mass is 16.4. The number of carboxylic acid groups (broad SMARTS) is 1. The average molecular weight is 251 g/mol. The van der Waals surface area contributed by atoms with E-state index in [4.69, 9.17) is 10.2 Å². The van der Waals surface area contributed by atoms with Crippen molar-refractivity contribution in [1.29, 1.82) is 0 Å². The van der Waals surface area contributed by atoms with Crippen LogP contribution < -0.4 is 5.32 Å².